The molecule has 0 bridgehead atoms. The second-order valence-electron chi connectivity index (χ2n) is 3.85. The van der Waals surface area contributed by atoms with Crippen molar-refractivity contribution in [2.45, 2.75) is 26.1 Å². The van der Waals surface area contributed by atoms with Gasteiger partial charge in [-0.05, 0) is 17.6 Å². The fourth-order valence-electron chi connectivity index (χ4n) is 1.70. The molecule has 1 heterocycles. The lowest BCUT2D eigenvalue weighted by atomic mass is 9.94. The van der Waals surface area contributed by atoms with Gasteiger partial charge in [0.1, 0.15) is 12.2 Å². The monoisotopic (exact) mass is 180 g/mol. The zero-order valence-corrected chi connectivity index (χ0v) is 8.19. The SMILES string of the molecule is CC(C)C1=CC2OCCOC2C=C1. The standard InChI is InChI=1S/C11H16O2/c1-8(2)9-3-4-10-11(7-9)13-6-5-12-10/h3-4,7-8,10-11H,5-6H2,1-2H3. The van der Waals surface area contributed by atoms with Crippen molar-refractivity contribution in [3.8, 4) is 0 Å². The first-order valence-electron chi connectivity index (χ1n) is 4.90. The number of hydrogen-bond acceptors (Lipinski definition) is 2. The van der Waals surface area contributed by atoms with Crippen molar-refractivity contribution < 1.29 is 9.47 Å². The van der Waals surface area contributed by atoms with E-state index in [1.54, 1.807) is 0 Å². The largest absolute Gasteiger partial charge is 0.369 e. The number of rotatable bonds is 1. The van der Waals surface area contributed by atoms with Crippen molar-refractivity contribution in [3.05, 3.63) is 23.8 Å². The average molecular weight is 180 g/mol. The van der Waals surface area contributed by atoms with E-state index in [1.807, 2.05) is 0 Å². The van der Waals surface area contributed by atoms with E-state index in [2.05, 4.69) is 32.1 Å². The van der Waals surface area contributed by atoms with Gasteiger partial charge in [0.05, 0.1) is 13.2 Å². The van der Waals surface area contributed by atoms with Crippen LogP contribution in [0.25, 0.3) is 0 Å². The molecule has 1 saturated heterocycles. The van der Waals surface area contributed by atoms with Gasteiger partial charge in [-0.3, -0.25) is 0 Å². The first-order valence-corrected chi connectivity index (χ1v) is 4.90. The fourth-order valence-corrected chi connectivity index (χ4v) is 1.70. The molecule has 0 radical (unpaired) electrons. The van der Waals surface area contributed by atoms with Gasteiger partial charge in [0, 0.05) is 0 Å². The molecule has 1 aliphatic carbocycles. The van der Waals surface area contributed by atoms with E-state index >= 15 is 0 Å². The molecule has 0 aromatic carbocycles. The Balaban J connectivity index is 2.11. The third-order valence-corrected chi connectivity index (χ3v) is 2.53. The lowest BCUT2D eigenvalue weighted by Crippen LogP contribution is -2.37. The van der Waals surface area contributed by atoms with E-state index < -0.39 is 0 Å². The summed E-state index contributed by atoms with van der Waals surface area (Å²) in [6.45, 7) is 5.83. The second-order valence-corrected chi connectivity index (χ2v) is 3.85. The molecule has 2 rings (SSSR count). The topological polar surface area (TPSA) is 18.5 Å². The van der Waals surface area contributed by atoms with Gasteiger partial charge in [-0.2, -0.15) is 0 Å². The minimum atomic E-state index is 0.149. The summed E-state index contributed by atoms with van der Waals surface area (Å²) in [6, 6.07) is 0. The van der Waals surface area contributed by atoms with E-state index in [9.17, 15) is 0 Å². The molecule has 1 aliphatic heterocycles. The van der Waals surface area contributed by atoms with Crippen LogP contribution in [0.5, 0.6) is 0 Å². The van der Waals surface area contributed by atoms with Crippen LogP contribution in [0.3, 0.4) is 0 Å². The lowest BCUT2D eigenvalue weighted by Gasteiger charge is -2.31. The number of ether oxygens (including phenoxy) is 2. The van der Waals surface area contributed by atoms with Gasteiger partial charge in [-0.15, -0.1) is 0 Å². The van der Waals surface area contributed by atoms with Gasteiger partial charge in [-0.1, -0.05) is 26.0 Å². The van der Waals surface area contributed by atoms with Crippen molar-refractivity contribution >= 4 is 0 Å². The minimum Gasteiger partial charge on any atom is -0.369 e. The first kappa shape index (κ1) is 8.97. The molecule has 72 valence electrons. The Hall–Kier alpha value is -0.600. The van der Waals surface area contributed by atoms with E-state index in [4.69, 9.17) is 9.47 Å². The maximum absolute atomic E-state index is 5.61. The van der Waals surface area contributed by atoms with Gasteiger partial charge in [0.25, 0.3) is 0 Å². The van der Waals surface area contributed by atoms with Crippen molar-refractivity contribution in [1.82, 2.24) is 0 Å². The van der Waals surface area contributed by atoms with E-state index in [0.717, 1.165) is 13.2 Å². The van der Waals surface area contributed by atoms with Crippen LogP contribution >= 0.6 is 0 Å². The van der Waals surface area contributed by atoms with Crippen LogP contribution in [-0.2, 0) is 9.47 Å². The van der Waals surface area contributed by atoms with E-state index in [1.165, 1.54) is 5.57 Å². The molecule has 2 nitrogen and oxygen atoms in total. The van der Waals surface area contributed by atoms with E-state index in [0.29, 0.717) is 5.92 Å². The highest BCUT2D eigenvalue weighted by atomic mass is 16.6. The van der Waals surface area contributed by atoms with Gasteiger partial charge in [0.15, 0.2) is 0 Å². The minimum absolute atomic E-state index is 0.149. The molecule has 0 aromatic rings. The van der Waals surface area contributed by atoms with Crippen molar-refractivity contribution in [2.75, 3.05) is 13.2 Å². The summed E-state index contributed by atoms with van der Waals surface area (Å²) in [5.74, 6) is 0.572. The van der Waals surface area contributed by atoms with Gasteiger partial charge in [-0.25, -0.2) is 0 Å². The third kappa shape index (κ3) is 1.84. The van der Waals surface area contributed by atoms with Crippen LogP contribution in [-0.4, -0.2) is 25.4 Å². The summed E-state index contributed by atoms with van der Waals surface area (Å²) >= 11 is 0. The average Bonchev–Trinajstić information content (AvgIpc) is 2.17. The number of hydrogen-bond donors (Lipinski definition) is 0. The van der Waals surface area contributed by atoms with Crippen molar-refractivity contribution in [3.63, 3.8) is 0 Å². The Bertz CT molecular complexity index is 240. The Labute approximate surface area is 79.2 Å². The van der Waals surface area contributed by atoms with Gasteiger partial charge >= 0.3 is 0 Å². The fraction of sp³-hybridized carbons (Fsp3) is 0.636. The molecule has 2 aliphatic rings. The molecule has 2 heteroatoms. The van der Waals surface area contributed by atoms with Crippen LogP contribution < -0.4 is 0 Å². The molecule has 0 amide bonds. The summed E-state index contributed by atoms with van der Waals surface area (Å²) < 4.78 is 11.2. The van der Waals surface area contributed by atoms with E-state index in [-0.39, 0.29) is 12.2 Å². The predicted octanol–water partition coefficient (Wildman–Crippen LogP) is 1.92. The Morgan fingerprint density at radius 1 is 1.23 bits per heavy atom. The predicted molar refractivity (Wildman–Crippen MR) is 51.5 cm³/mol. The molecule has 2 atom stereocenters. The number of fused-ring (bicyclic) bond motifs is 1. The zero-order valence-electron chi connectivity index (χ0n) is 8.19. The smallest absolute Gasteiger partial charge is 0.106 e. The van der Waals surface area contributed by atoms with Gasteiger partial charge in [0.2, 0.25) is 0 Å². The maximum Gasteiger partial charge on any atom is 0.106 e. The third-order valence-electron chi connectivity index (χ3n) is 2.53. The quantitative estimate of drug-likeness (QED) is 0.613. The highest BCUT2D eigenvalue weighted by Gasteiger charge is 2.25. The summed E-state index contributed by atoms with van der Waals surface area (Å²) in [5, 5.41) is 0. The summed E-state index contributed by atoms with van der Waals surface area (Å²) in [4.78, 5) is 0. The number of allylic oxidation sites excluding steroid dienone is 2. The molecule has 0 saturated carbocycles. The zero-order chi connectivity index (χ0) is 9.26. The van der Waals surface area contributed by atoms with Crippen LogP contribution in [0.15, 0.2) is 23.8 Å². The normalized spacial score (nSPS) is 33.0. The highest BCUT2D eigenvalue weighted by Crippen LogP contribution is 2.23. The van der Waals surface area contributed by atoms with Crippen molar-refractivity contribution in [2.24, 2.45) is 5.92 Å². The van der Waals surface area contributed by atoms with Crippen LogP contribution in [0.4, 0.5) is 0 Å². The molecule has 1 fully saturated rings. The summed E-state index contributed by atoms with van der Waals surface area (Å²) in [6.07, 6.45) is 6.75. The molecule has 13 heavy (non-hydrogen) atoms. The van der Waals surface area contributed by atoms with Crippen LogP contribution in [0, 0.1) is 5.92 Å². The molecule has 0 N–H and O–H groups in total. The molecular weight excluding hydrogens is 164 g/mol. The highest BCUT2D eigenvalue weighted by molar-refractivity contribution is 5.29. The summed E-state index contributed by atoms with van der Waals surface area (Å²) in [5.41, 5.74) is 1.35. The Kier molecular flexibility index (Phi) is 2.51. The lowest BCUT2D eigenvalue weighted by molar-refractivity contribution is -0.102. The Morgan fingerprint density at radius 3 is 2.62 bits per heavy atom. The summed E-state index contributed by atoms with van der Waals surface area (Å²) in [7, 11) is 0. The van der Waals surface area contributed by atoms with Crippen LogP contribution in [0.2, 0.25) is 0 Å². The Morgan fingerprint density at radius 2 is 1.92 bits per heavy atom. The maximum atomic E-state index is 5.61. The first-order chi connectivity index (χ1) is 6.27. The molecule has 0 spiro atoms. The second kappa shape index (κ2) is 3.64. The molecular formula is C11H16O2. The molecule has 2 unspecified atom stereocenters. The molecule has 0 aromatic heterocycles. The van der Waals surface area contributed by atoms with Crippen molar-refractivity contribution in [1.29, 1.82) is 0 Å². The van der Waals surface area contributed by atoms with Crippen LogP contribution in [0.1, 0.15) is 13.8 Å². The van der Waals surface area contributed by atoms with Gasteiger partial charge < -0.3 is 9.47 Å².